The van der Waals surface area contributed by atoms with Crippen LogP contribution >= 0.6 is 0 Å². The fourth-order valence-corrected chi connectivity index (χ4v) is 1.88. The summed E-state index contributed by atoms with van der Waals surface area (Å²) in [5.41, 5.74) is 4.10. The summed E-state index contributed by atoms with van der Waals surface area (Å²) in [6, 6.07) is 20.2. The van der Waals surface area contributed by atoms with Crippen LogP contribution in [0.4, 0.5) is 0 Å². The molecule has 18 heavy (non-hydrogen) atoms. The van der Waals surface area contributed by atoms with Crippen molar-refractivity contribution in [1.82, 2.24) is 9.97 Å². The summed E-state index contributed by atoms with van der Waals surface area (Å²) < 4.78 is 0. The molecular weight excluding hydrogens is 220 g/mol. The number of nitrogens with zero attached hydrogens (tertiary/aromatic N) is 2. The molecule has 0 amide bonds. The largest absolute Gasteiger partial charge is 0.264 e. The highest BCUT2D eigenvalue weighted by atomic mass is 14.7. The van der Waals surface area contributed by atoms with Gasteiger partial charge in [-0.25, -0.2) is 4.98 Å². The Balaban J connectivity index is 2.05. The van der Waals surface area contributed by atoms with Gasteiger partial charge in [0.05, 0.1) is 11.4 Å². The van der Waals surface area contributed by atoms with E-state index in [1.54, 1.807) is 6.20 Å². The quantitative estimate of drug-likeness (QED) is 0.671. The van der Waals surface area contributed by atoms with Gasteiger partial charge >= 0.3 is 0 Å². The predicted molar refractivity (Wildman–Crippen MR) is 72.9 cm³/mol. The van der Waals surface area contributed by atoms with Crippen LogP contribution in [0.15, 0.2) is 73.1 Å². The highest BCUT2D eigenvalue weighted by molar-refractivity contribution is 5.65. The van der Waals surface area contributed by atoms with Gasteiger partial charge < -0.3 is 0 Å². The molecule has 3 aromatic rings. The van der Waals surface area contributed by atoms with Crippen molar-refractivity contribution in [3.8, 4) is 22.5 Å². The first-order valence-corrected chi connectivity index (χ1v) is 5.86. The highest BCUT2D eigenvalue weighted by Crippen LogP contribution is 2.21. The molecule has 2 heteroatoms. The van der Waals surface area contributed by atoms with Gasteiger partial charge in [-0.3, -0.25) is 4.98 Å². The van der Waals surface area contributed by atoms with Gasteiger partial charge in [0, 0.05) is 23.5 Å². The maximum Gasteiger partial charge on any atom is 0.0725 e. The number of pyridine rings is 2. The monoisotopic (exact) mass is 232 g/mol. The Morgan fingerprint density at radius 3 is 2.06 bits per heavy atom. The number of hydrogen-bond donors (Lipinski definition) is 0. The predicted octanol–water partition coefficient (Wildman–Crippen LogP) is 3.81. The van der Waals surface area contributed by atoms with Crippen molar-refractivity contribution in [2.75, 3.05) is 0 Å². The van der Waals surface area contributed by atoms with E-state index < -0.39 is 0 Å². The Kier molecular flexibility index (Phi) is 2.84. The highest BCUT2D eigenvalue weighted by Gasteiger charge is 2.02. The lowest BCUT2D eigenvalue weighted by molar-refractivity contribution is 1.28. The number of hydrogen-bond acceptors (Lipinski definition) is 2. The summed E-state index contributed by atoms with van der Waals surface area (Å²) in [6.45, 7) is 0. The van der Waals surface area contributed by atoms with Crippen LogP contribution in [0.5, 0.6) is 0 Å². The third-order valence-electron chi connectivity index (χ3n) is 2.78. The fourth-order valence-electron chi connectivity index (χ4n) is 1.88. The van der Waals surface area contributed by atoms with Gasteiger partial charge in [-0.1, -0.05) is 36.4 Å². The molecule has 1 aromatic carbocycles. The minimum atomic E-state index is 0.949. The molecule has 0 fully saturated rings. The third-order valence-corrected chi connectivity index (χ3v) is 2.78. The standard InChI is InChI=1S/C16H12N2/c1-2-6-13(7-3-1)15-9-4-10-16(18-15)14-8-5-11-17-12-14/h1-12H. The van der Waals surface area contributed by atoms with E-state index in [2.05, 4.69) is 22.1 Å². The van der Waals surface area contributed by atoms with E-state index in [-0.39, 0.29) is 0 Å². The van der Waals surface area contributed by atoms with Gasteiger partial charge in [-0.2, -0.15) is 0 Å². The second-order valence-electron chi connectivity index (χ2n) is 4.02. The van der Waals surface area contributed by atoms with Crippen LogP contribution < -0.4 is 0 Å². The molecule has 0 saturated heterocycles. The maximum atomic E-state index is 4.67. The molecule has 0 aliphatic rings. The van der Waals surface area contributed by atoms with E-state index in [9.17, 15) is 0 Å². The summed E-state index contributed by atoms with van der Waals surface area (Å²) >= 11 is 0. The SMILES string of the molecule is c1ccc(-c2cccc(-c3cccnc3)n2)cc1. The smallest absolute Gasteiger partial charge is 0.0725 e. The summed E-state index contributed by atoms with van der Waals surface area (Å²) in [6.07, 6.45) is 3.60. The minimum absolute atomic E-state index is 0.949. The van der Waals surface area contributed by atoms with E-state index in [0.717, 1.165) is 22.5 Å². The third kappa shape index (κ3) is 2.13. The van der Waals surface area contributed by atoms with Crippen LogP contribution in [-0.2, 0) is 0 Å². The first-order valence-electron chi connectivity index (χ1n) is 5.86. The summed E-state index contributed by atoms with van der Waals surface area (Å²) in [5.74, 6) is 0. The lowest BCUT2D eigenvalue weighted by atomic mass is 10.1. The Morgan fingerprint density at radius 1 is 0.611 bits per heavy atom. The molecule has 0 saturated carbocycles. The van der Waals surface area contributed by atoms with E-state index >= 15 is 0 Å². The molecule has 86 valence electrons. The molecule has 2 aromatic heterocycles. The van der Waals surface area contributed by atoms with Crippen molar-refractivity contribution >= 4 is 0 Å². The Bertz CT molecular complexity index is 579. The van der Waals surface area contributed by atoms with Gasteiger partial charge in [-0.15, -0.1) is 0 Å². The van der Waals surface area contributed by atoms with Gasteiger partial charge in [-0.05, 0) is 24.3 Å². The Labute approximate surface area is 106 Å². The lowest BCUT2D eigenvalue weighted by Gasteiger charge is -2.04. The molecule has 0 N–H and O–H groups in total. The van der Waals surface area contributed by atoms with Crippen molar-refractivity contribution < 1.29 is 0 Å². The van der Waals surface area contributed by atoms with Crippen molar-refractivity contribution in [3.63, 3.8) is 0 Å². The van der Waals surface area contributed by atoms with E-state index in [1.807, 2.05) is 54.7 Å². The van der Waals surface area contributed by atoms with Crippen LogP contribution in [0.2, 0.25) is 0 Å². The van der Waals surface area contributed by atoms with Crippen molar-refractivity contribution in [2.24, 2.45) is 0 Å². The topological polar surface area (TPSA) is 25.8 Å². The molecular formula is C16H12N2. The molecule has 0 spiro atoms. The maximum absolute atomic E-state index is 4.67. The van der Waals surface area contributed by atoms with Crippen molar-refractivity contribution in [2.45, 2.75) is 0 Å². The minimum Gasteiger partial charge on any atom is -0.264 e. The van der Waals surface area contributed by atoms with Crippen molar-refractivity contribution in [1.29, 1.82) is 0 Å². The zero-order valence-corrected chi connectivity index (χ0v) is 9.82. The second-order valence-corrected chi connectivity index (χ2v) is 4.02. The van der Waals surface area contributed by atoms with E-state index in [0.29, 0.717) is 0 Å². The zero-order chi connectivity index (χ0) is 12.2. The van der Waals surface area contributed by atoms with Gasteiger partial charge in [0.2, 0.25) is 0 Å². The van der Waals surface area contributed by atoms with Gasteiger partial charge in [0.25, 0.3) is 0 Å². The Morgan fingerprint density at radius 2 is 1.33 bits per heavy atom. The average molecular weight is 232 g/mol. The molecule has 0 unspecified atom stereocenters. The van der Waals surface area contributed by atoms with Crippen molar-refractivity contribution in [3.05, 3.63) is 73.1 Å². The molecule has 0 bridgehead atoms. The molecule has 0 atom stereocenters. The van der Waals surface area contributed by atoms with Crippen LogP contribution in [0.25, 0.3) is 22.5 Å². The molecule has 0 radical (unpaired) electrons. The Hall–Kier alpha value is -2.48. The number of benzene rings is 1. The summed E-state index contributed by atoms with van der Waals surface area (Å²) in [7, 11) is 0. The normalized spacial score (nSPS) is 10.2. The van der Waals surface area contributed by atoms with Crippen LogP contribution in [0.3, 0.4) is 0 Å². The first-order chi connectivity index (χ1) is 8.93. The first kappa shape index (κ1) is 10.7. The summed E-state index contributed by atoms with van der Waals surface area (Å²) in [4.78, 5) is 8.80. The molecule has 2 nitrogen and oxygen atoms in total. The second kappa shape index (κ2) is 4.80. The number of aromatic nitrogens is 2. The fraction of sp³-hybridized carbons (Fsp3) is 0. The van der Waals surface area contributed by atoms with Gasteiger partial charge in [0.1, 0.15) is 0 Å². The van der Waals surface area contributed by atoms with E-state index in [4.69, 9.17) is 0 Å². The van der Waals surface area contributed by atoms with Crippen LogP contribution in [-0.4, -0.2) is 9.97 Å². The molecule has 3 rings (SSSR count). The number of rotatable bonds is 2. The molecule has 0 aliphatic carbocycles. The van der Waals surface area contributed by atoms with Gasteiger partial charge in [0.15, 0.2) is 0 Å². The van der Waals surface area contributed by atoms with E-state index in [1.165, 1.54) is 0 Å². The lowest BCUT2D eigenvalue weighted by Crippen LogP contribution is -1.87. The zero-order valence-electron chi connectivity index (χ0n) is 9.82. The summed E-state index contributed by atoms with van der Waals surface area (Å²) in [5, 5.41) is 0. The molecule has 0 aliphatic heterocycles. The van der Waals surface area contributed by atoms with Crippen LogP contribution in [0, 0.1) is 0 Å². The average Bonchev–Trinajstić information content (AvgIpc) is 2.49. The molecule has 2 heterocycles. The van der Waals surface area contributed by atoms with Crippen LogP contribution in [0.1, 0.15) is 0 Å².